The molecule has 2 aromatic rings. The highest BCUT2D eigenvalue weighted by Gasteiger charge is 2.37. The summed E-state index contributed by atoms with van der Waals surface area (Å²) in [7, 11) is 0. The van der Waals surface area contributed by atoms with E-state index in [1.807, 2.05) is 13.0 Å². The zero-order valence-corrected chi connectivity index (χ0v) is 15.1. The Hall–Kier alpha value is -2.88. The number of hydrogen-bond acceptors (Lipinski definition) is 6. The Bertz CT molecular complexity index is 810. The Morgan fingerprint density at radius 2 is 2.04 bits per heavy atom. The van der Waals surface area contributed by atoms with Crippen LogP contribution in [0.2, 0.25) is 0 Å². The van der Waals surface area contributed by atoms with Crippen molar-refractivity contribution in [3.05, 3.63) is 36.8 Å². The van der Waals surface area contributed by atoms with Crippen LogP contribution in [0.15, 0.2) is 31.0 Å². The lowest BCUT2D eigenvalue weighted by Crippen LogP contribution is -2.45. The molecule has 3 heterocycles. The number of amides is 1. The molecule has 134 valence electrons. The summed E-state index contributed by atoms with van der Waals surface area (Å²) >= 11 is 0. The van der Waals surface area contributed by atoms with Gasteiger partial charge < -0.3 is 4.90 Å². The number of likely N-dealkylation sites (tertiary alicyclic amines) is 1. The normalized spacial score (nSPS) is 17.3. The van der Waals surface area contributed by atoms with Gasteiger partial charge in [-0.1, -0.05) is 6.92 Å². The van der Waals surface area contributed by atoms with E-state index in [2.05, 4.69) is 26.0 Å². The first-order chi connectivity index (χ1) is 12.6. The maximum Gasteiger partial charge on any atom is 0.242 e. The Morgan fingerprint density at radius 3 is 2.65 bits per heavy atom. The second-order valence-corrected chi connectivity index (χ2v) is 6.79. The molecule has 26 heavy (non-hydrogen) atoms. The average Bonchev–Trinajstić information content (AvgIpc) is 2.73. The highest BCUT2D eigenvalue weighted by Crippen LogP contribution is 2.30. The number of nitriles is 1. The third kappa shape index (κ3) is 3.54. The molecule has 2 aromatic heterocycles. The van der Waals surface area contributed by atoms with Gasteiger partial charge >= 0.3 is 0 Å². The highest BCUT2D eigenvalue weighted by atomic mass is 16.2. The Labute approximate surface area is 153 Å². The lowest BCUT2D eigenvalue weighted by molar-refractivity contribution is -0.139. The van der Waals surface area contributed by atoms with Crippen molar-refractivity contribution >= 4 is 5.91 Å². The first-order valence-corrected chi connectivity index (χ1v) is 8.86. The molecule has 1 atom stereocenters. The molecule has 0 N–H and O–H groups in total. The quantitative estimate of drug-likeness (QED) is 0.841. The van der Waals surface area contributed by atoms with Crippen molar-refractivity contribution in [1.82, 2.24) is 24.8 Å². The van der Waals surface area contributed by atoms with Gasteiger partial charge in [0.25, 0.3) is 0 Å². The van der Waals surface area contributed by atoms with E-state index in [1.165, 1.54) is 6.33 Å². The lowest BCUT2D eigenvalue weighted by Gasteiger charge is -2.35. The molecule has 1 fully saturated rings. The molecule has 0 radical (unpaired) electrons. The van der Waals surface area contributed by atoms with Gasteiger partial charge in [0.15, 0.2) is 0 Å². The molecule has 1 aliphatic rings. The van der Waals surface area contributed by atoms with Crippen molar-refractivity contribution in [3.63, 3.8) is 0 Å². The Kier molecular flexibility index (Phi) is 5.21. The number of aromatic nitrogens is 4. The fourth-order valence-electron chi connectivity index (χ4n) is 3.13. The summed E-state index contributed by atoms with van der Waals surface area (Å²) in [6.07, 6.45) is 8.82. The zero-order chi connectivity index (χ0) is 18.6. The largest absolute Gasteiger partial charge is 0.341 e. The van der Waals surface area contributed by atoms with Gasteiger partial charge in [0.1, 0.15) is 17.6 Å². The molecule has 7 nitrogen and oxygen atoms in total. The predicted octanol–water partition coefficient (Wildman–Crippen LogP) is 2.58. The molecular weight excluding hydrogens is 328 g/mol. The molecule has 1 unspecified atom stereocenters. The number of rotatable bonds is 4. The van der Waals surface area contributed by atoms with Crippen LogP contribution in [0.1, 0.15) is 44.9 Å². The van der Waals surface area contributed by atoms with E-state index in [-0.39, 0.29) is 11.8 Å². The summed E-state index contributed by atoms with van der Waals surface area (Å²) in [5.74, 6) is 0.924. The third-order valence-corrected chi connectivity index (χ3v) is 5.10. The van der Waals surface area contributed by atoms with E-state index in [0.29, 0.717) is 19.5 Å². The minimum absolute atomic E-state index is 0.0722. The highest BCUT2D eigenvalue weighted by molar-refractivity contribution is 5.85. The van der Waals surface area contributed by atoms with Crippen LogP contribution in [0.5, 0.6) is 0 Å². The van der Waals surface area contributed by atoms with E-state index in [1.54, 1.807) is 30.4 Å². The predicted molar refractivity (Wildman–Crippen MR) is 95.6 cm³/mol. The summed E-state index contributed by atoms with van der Waals surface area (Å²) in [5.41, 5.74) is 0.727. The fraction of sp³-hybridized carbons (Fsp3) is 0.474. The number of piperidine rings is 1. The van der Waals surface area contributed by atoms with E-state index in [4.69, 9.17) is 0 Å². The van der Waals surface area contributed by atoms with Crippen LogP contribution in [0, 0.1) is 16.7 Å². The first kappa shape index (κ1) is 17.9. The molecule has 0 bridgehead atoms. The van der Waals surface area contributed by atoms with Crippen LogP contribution >= 0.6 is 0 Å². The van der Waals surface area contributed by atoms with Crippen molar-refractivity contribution < 1.29 is 4.79 Å². The summed E-state index contributed by atoms with van der Waals surface area (Å²) in [5, 5.41) is 9.33. The van der Waals surface area contributed by atoms with Gasteiger partial charge in [0.05, 0.1) is 11.8 Å². The third-order valence-electron chi connectivity index (χ3n) is 5.10. The van der Waals surface area contributed by atoms with Crippen molar-refractivity contribution in [2.75, 3.05) is 13.1 Å². The number of nitrogens with zero attached hydrogens (tertiary/aromatic N) is 6. The van der Waals surface area contributed by atoms with Crippen LogP contribution in [0.25, 0.3) is 11.3 Å². The average molecular weight is 350 g/mol. The maximum atomic E-state index is 12.6. The van der Waals surface area contributed by atoms with Crippen molar-refractivity contribution in [2.24, 2.45) is 5.41 Å². The minimum atomic E-state index is -0.934. The monoisotopic (exact) mass is 350 g/mol. The molecule has 1 amide bonds. The second-order valence-electron chi connectivity index (χ2n) is 6.79. The number of carbonyl (C=O) groups is 1. The molecule has 0 saturated carbocycles. The number of carbonyl (C=O) groups excluding carboxylic acids is 1. The van der Waals surface area contributed by atoms with Crippen molar-refractivity contribution in [2.45, 2.75) is 39.0 Å². The van der Waals surface area contributed by atoms with E-state index in [0.717, 1.165) is 29.9 Å². The topological polar surface area (TPSA) is 95.7 Å². The Balaban J connectivity index is 1.69. The summed E-state index contributed by atoms with van der Waals surface area (Å²) in [6.45, 7) is 4.85. The lowest BCUT2D eigenvalue weighted by atomic mass is 9.86. The van der Waals surface area contributed by atoms with Crippen LogP contribution in [-0.2, 0) is 4.79 Å². The van der Waals surface area contributed by atoms with Crippen molar-refractivity contribution in [3.8, 4) is 17.3 Å². The van der Waals surface area contributed by atoms with Gasteiger partial charge in [0, 0.05) is 43.2 Å². The molecule has 1 saturated heterocycles. The molecule has 7 heteroatoms. The SMILES string of the molecule is CCC(C)(C#N)C(=O)N1CCC(c2nccc(-c3cncnc3)n2)CC1. The van der Waals surface area contributed by atoms with Crippen LogP contribution in [0.3, 0.4) is 0 Å². The molecule has 0 aliphatic carbocycles. The molecular formula is C19H22N6O. The van der Waals surface area contributed by atoms with Crippen LogP contribution in [-0.4, -0.2) is 43.8 Å². The minimum Gasteiger partial charge on any atom is -0.341 e. The summed E-state index contributed by atoms with van der Waals surface area (Å²) in [6, 6.07) is 4.01. The van der Waals surface area contributed by atoms with Gasteiger partial charge in [-0.05, 0) is 32.3 Å². The Morgan fingerprint density at radius 1 is 1.35 bits per heavy atom. The van der Waals surface area contributed by atoms with Gasteiger partial charge in [-0.2, -0.15) is 5.26 Å². The second kappa shape index (κ2) is 7.56. The fourth-order valence-corrected chi connectivity index (χ4v) is 3.13. The van der Waals surface area contributed by atoms with Gasteiger partial charge in [-0.3, -0.25) is 4.79 Å². The van der Waals surface area contributed by atoms with Gasteiger partial charge in [-0.25, -0.2) is 19.9 Å². The smallest absolute Gasteiger partial charge is 0.242 e. The van der Waals surface area contributed by atoms with E-state index >= 15 is 0 Å². The molecule has 3 rings (SSSR count). The summed E-state index contributed by atoms with van der Waals surface area (Å²) < 4.78 is 0. The van der Waals surface area contributed by atoms with E-state index in [9.17, 15) is 10.1 Å². The first-order valence-electron chi connectivity index (χ1n) is 8.86. The summed E-state index contributed by atoms with van der Waals surface area (Å²) in [4.78, 5) is 31.6. The zero-order valence-electron chi connectivity index (χ0n) is 15.1. The maximum absolute atomic E-state index is 12.6. The molecule has 0 spiro atoms. The van der Waals surface area contributed by atoms with E-state index < -0.39 is 5.41 Å². The van der Waals surface area contributed by atoms with Gasteiger partial charge in [0.2, 0.25) is 5.91 Å². The van der Waals surface area contributed by atoms with Gasteiger partial charge in [-0.15, -0.1) is 0 Å². The van der Waals surface area contributed by atoms with Crippen molar-refractivity contribution in [1.29, 1.82) is 5.26 Å². The molecule has 0 aromatic carbocycles. The standard InChI is InChI=1S/C19H22N6O/c1-3-19(2,12-20)18(26)25-8-5-14(6-9-25)17-23-7-4-16(24-17)15-10-21-13-22-11-15/h4,7,10-11,13-14H,3,5-6,8-9H2,1-2H3. The van der Waals surface area contributed by atoms with Crippen LogP contribution < -0.4 is 0 Å². The van der Waals surface area contributed by atoms with Crippen LogP contribution in [0.4, 0.5) is 0 Å². The number of hydrogen-bond donors (Lipinski definition) is 0. The molecule has 1 aliphatic heterocycles.